The Morgan fingerprint density at radius 1 is 1.32 bits per heavy atom. The molecule has 4 N–H and O–H groups in total. The number of hydrogen-bond donors (Lipinski definition) is 4. The summed E-state index contributed by atoms with van der Waals surface area (Å²) < 4.78 is 30.2. The number of imidazole rings is 1. The molecule has 4 aromatic rings. The number of aromatic nitrogens is 3. The van der Waals surface area contributed by atoms with Crippen LogP contribution < -0.4 is 15.4 Å². The molecule has 0 aliphatic carbocycles. The lowest BCUT2D eigenvalue weighted by atomic mass is 9.82. The maximum atomic E-state index is 13.8. The van der Waals surface area contributed by atoms with Crippen molar-refractivity contribution in [1.29, 1.82) is 0 Å². The van der Waals surface area contributed by atoms with Crippen molar-refractivity contribution in [3.05, 3.63) is 63.9 Å². The van der Waals surface area contributed by atoms with E-state index < -0.39 is 17.9 Å². The molecule has 1 unspecified atom stereocenters. The van der Waals surface area contributed by atoms with Gasteiger partial charge >= 0.3 is 6.16 Å². The molecule has 0 saturated carbocycles. The first-order valence-electron chi connectivity index (χ1n) is 11.3. The summed E-state index contributed by atoms with van der Waals surface area (Å²) in [6.45, 7) is 2.48. The number of fused-ring (bicyclic) bond motifs is 2. The number of furan rings is 1. The van der Waals surface area contributed by atoms with Gasteiger partial charge in [0.1, 0.15) is 17.3 Å². The van der Waals surface area contributed by atoms with Crippen molar-refractivity contribution in [3.8, 4) is 5.88 Å². The first kappa shape index (κ1) is 23.6. The van der Waals surface area contributed by atoms with E-state index in [0.29, 0.717) is 56.1 Å². The Hall–Kier alpha value is -3.74. The van der Waals surface area contributed by atoms with Gasteiger partial charge in [-0.05, 0) is 36.9 Å². The van der Waals surface area contributed by atoms with Crippen LogP contribution in [0.1, 0.15) is 24.2 Å². The van der Waals surface area contributed by atoms with Gasteiger partial charge in [-0.25, -0.2) is 14.2 Å². The zero-order valence-electron chi connectivity index (χ0n) is 19.2. The number of carbonyl (C=O) groups is 2. The molecule has 6 rings (SSSR count). The highest BCUT2D eigenvalue weighted by molar-refractivity contribution is 7.99. The van der Waals surface area contributed by atoms with Crippen molar-refractivity contribution < 1.29 is 27.9 Å². The number of nitrogens with one attached hydrogen (secondary N) is 4. The molecular formula is C24H19ClFN5O5S. The van der Waals surface area contributed by atoms with Crippen LogP contribution in [-0.4, -0.2) is 46.6 Å². The predicted molar refractivity (Wildman–Crippen MR) is 133 cm³/mol. The number of nitrogens with zero attached hydrogens (tertiary/aromatic N) is 1. The third-order valence-electron chi connectivity index (χ3n) is 6.00. The van der Waals surface area contributed by atoms with Crippen LogP contribution in [0.3, 0.4) is 0 Å². The van der Waals surface area contributed by atoms with Crippen LogP contribution in [0.15, 0.2) is 56.4 Å². The van der Waals surface area contributed by atoms with Gasteiger partial charge in [0, 0.05) is 35.6 Å². The van der Waals surface area contributed by atoms with E-state index in [9.17, 15) is 14.0 Å². The summed E-state index contributed by atoms with van der Waals surface area (Å²) in [6, 6.07) is 6.31. The van der Waals surface area contributed by atoms with Crippen LogP contribution in [0.4, 0.5) is 14.9 Å². The van der Waals surface area contributed by atoms with Crippen LogP contribution in [0.2, 0.25) is 5.02 Å². The third-order valence-corrected chi connectivity index (χ3v) is 7.09. The normalized spacial score (nSPS) is 16.9. The van der Waals surface area contributed by atoms with Crippen molar-refractivity contribution in [2.75, 3.05) is 25.0 Å². The summed E-state index contributed by atoms with van der Waals surface area (Å²) in [5.41, 5.74) is 3.50. The Bertz CT molecular complexity index is 1550. The molecule has 0 saturated heterocycles. The highest BCUT2D eigenvalue weighted by Gasteiger charge is 2.39. The minimum Gasteiger partial charge on any atom is -0.453 e. The summed E-state index contributed by atoms with van der Waals surface area (Å²) >= 11 is 7.09. The van der Waals surface area contributed by atoms with E-state index in [4.69, 9.17) is 25.5 Å². The van der Waals surface area contributed by atoms with Crippen molar-refractivity contribution >= 4 is 52.0 Å². The molecule has 0 bridgehead atoms. The van der Waals surface area contributed by atoms with E-state index in [-0.39, 0.29) is 29.8 Å². The Labute approximate surface area is 217 Å². The molecule has 0 spiro atoms. The summed E-state index contributed by atoms with van der Waals surface area (Å²) in [5.74, 6) is -0.433. The van der Waals surface area contributed by atoms with Gasteiger partial charge in [-0.1, -0.05) is 11.6 Å². The van der Waals surface area contributed by atoms with E-state index in [1.54, 1.807) is 25.3 Å². The van der Waals surface area contributed by atoms with Gasteiger partial charge < -0.3 is 34.5 Å². The van der Waals surface area contributed by atoms with Gasteiger partial charge in [0.2, 0.25) is 5.88 Å². The van der Waals surface area contributed by atoms with Crippen LogP contribution in [0, 0.1) is 5.82 Å². The highest BCUT2D eigenvalue weighted by Crippen LogP contribution is 2.47. The molecule has 1 atom stereocenters. The number of benzene rings is 1. The number of aromatic amines is 2. The number of carbonyl (C=O) groups excluding carboxylic acids is 2. The quantitative estimate of drug-likeness (QED) is 0.258. The van der Waals surface area contributed by atoms with Gasteiger partial charge in [0.15, 0.2) is 16.0 Å². The molecule has 1 aromatic carbocycles. The van der Waals surface area contributed by atoms with Gasteiger partial charge in [0.25, 0.3) is 0 Å². The fourth-order valence-electron chi connectivity index (χ4n) is 4.46. The molecule has 2 aliphatic rings. The number of halogens is 2. The van der Waals surface area contributed by atoms with Crippen LogP contribution in [-0.2, 0) is 9.53 Å². The second-order valence-electron chi connectivity index (χ2n) is 8.29. The number of ketones is 1. The van der Waals surface area contributed by atoms with E-state index in [1.165, 1.54) is 23.9 Å². The average Bonchev–Trinajstić information content (AvgIpc) is 3.58. The molecule has 190 valence electrons. The SMILES string of the molecule is CCOC(=O)Oc1[nH]cc2c1NC1=C(C(=O)CNC1)C2c1ccc(Sc2nc3cc(Cl)c(F)cc3[nH]2)o1. The largest absolute Gasteiger partial charge is 0.515 e. The van der Waals surface area contributed by atoms with Gasteiger partial charge in [0.05, 0.1) is 35.1 Å². The lowest BCUT2D eigenvalue weighted by Crippen LogP contribution is -2.39. The molecule has 2 aliphatic heterocycles. The van der Waals surface area contributed by atoms with E-state index in [2.05, 4.69) is 25.6 Å². The fraction of sp³-hybridized carbons (Fsp3) is 0.208. The first-order valence-corrected chi connectivity index (χ1v) is 12.5. The zero-order valence-corrected chi connectivity index (χ0v) is 20.8. The van der Waals surface area contributed by atoms with Crippen molar-refractivity contribution in [1.82, 2.24) is 20.3 Å². The molecule has 37 heavy (non-hydrogen) atoms. The lowest BCUT2D eigenvalue weighted by Gasteiger charge is -2.31. The number of Topliss-reactive ketones (excluding diaryl/α,β-unsaturated/α-hetero) is 1. The number of H-pyrrole nitrogens is 2. The van der Waals surface area contributed by atoms with Crippen LogP contribution >= 0.6 is 23.4 Å². The summed E-state index contributed by atoms with van der Waals surface area (Å²) in [4.78, 5) is 35.3. The zero-order chi connectivity index (χ0) is 25.7. The summed E-state index contributed by atoms with van der Waals surface area (Å²) in [7, 11) is 0. The molecule has 0 radical (unpaired) electrons. The molecule has 0 fully saturated rings. The fourth-order valence-corrected chi connectivity index (χ4v) is 5.39. The second-order valence-corrected chi connectivity index (χ2v) is 9.69. The standard InChI is InChI=1S/C24H19ClFN5O5S/c1-2-34-24(33)36-22-21-10(7-28-22)19(20-15(29-21)8-27-9-16(20)32)17-3-4-18(35-17)37-23-30-13-5-11(25)12(26)6-14(13)31-23/h3-7,19,27-29H,2,8-9H2,1H3,(H,30,31). The minimum atomic E-state index is -0.841. The summed E-state index contributed by atoms with van der Waals surface area (Å²) in [6.07, 6.45) is 0.833. The van der Waals surface area contributed by atoms with Crippen molar-refractivity contribution in [3.63, 3.8) is 0 Å². The average molecular weight is 544 g/mol. The van der Waals surface area contributed by atoms with E-state index in [0.717, 1.165) is 0 Å². The molecule has 3 aromatic heterocycles. The topological polar surface area (TPSA) is 134 Å². The van der Waals surface area contributed by atoms with Crippen molar-refractivity contribution in [2.24, 2.45) is 0 Å². The van der Waals surface area contributed by atoms with Crippen LogP contribution in [0.25, 0.3) is 11.0 Å². The minimum absolute atomic E-state index is 0.00827. The third kappa shape index (κ3) is 4.26. The van der Waals surface area contributed by atoms with E-state index in [1.807, 2.05) is 0 Å². The maximum absolute atomic E-state index is 13.8. The first-order chi connectivity index (χ1) is 17.9. The van der Waals surface area contributed by atoms with Crippen LogP contribution in [0.5, 0.6) is 5.88 Å². The predicted octanol–water partition coefficient (Wildman–Crippen LogP) is 4.95. The smallest absolute Gasteiger partial charge is 0.453 e. The maximum Gasteiger partial charge on any atom is 0.515 e. The van der Waals surface area contributed by atoms with Crippen molar-refractivity contribution in [2.45, 2.75) is 23.1 Å². The molecule has 5 heterocycles. The number of ether oxygens (including phenoxy) is 2. The Balaban J connectivity index is 1.34. The Morgan fingerprint density at radius 2 is 2.19 bits per heavy atom. The second kappa shape index (κ2) is 9.29. The summed E-state index contributed by atoms with van der Waals surface area (Å²) in [5, 5.41) is 7.30. The molecule has 10 nitrogen and oxygen atoms in total. The molecule has 0 amide bonds. The number of anilines is 1. The van der Waals surface area contributed by atoms with Gasteiger partial charge in [-0.3, -0.25) is 4.79 Å². The van der Waals surface area contributed by atoms with E-state index >= 15 is 0 Å². The highest BCUT2D eigenvalue weighted by atomic mass is 35.5. The lowest BCUT2D eigenvalue weighted by molar-refractivity contribution is -0.115. The molecule has 13 heteroatoms. The number of hydrogen-bond acceptors (Lipinski definition) is 9. The Morgan fingerprint density at radius 3 is 3.03 bits per heavy atom. The van der Waals surface area contributed by atoms with Gasteiger partial charge in [-0.15, -0.1) is 0 Å². The Kier molecular flexibility index (Phi) is 5.94. The van der Waals surface area contributed by atoms with Gasteiger partial charge in [-0.2, -0.15) is 0 Å². The molecular weight excluding hydrogens is 525 g/mol. The monoisotopic (exact) mass is 543 g/mol. The number of rotatable bonds is 5.